The predicted octanol–water partition coefficient (Wildman–Crippen LogP) is 5.19. The fourth-order valence-corrected chi connectivity index (χ4v) is 4.71. The van der Waals surface area contributed by atoms with E-state index in [-0.39, 0.29) is 4.90 Å². The van der Waals surface area contributed by atoms with Crippen LogP contribution in [0.15, 0.2) is 82.8 Å². The maximum absolute atomic E-state index is 13.7. The molecule has 0 fully saturated rings. The average molecular weight is 453 g/mol. The molecule has 3 rings (SSSR count). The predicted molar refractivity (Wildman–Crippen MR) is 127 cm³/mol. The molecular weight excluding hydrogens is 424 g/mol. The van der Waals surface area contributed by atoms with Crippen molar-refractivity contribution in [2.45, 2.75) is 31.7 Å². The lowest BCUT2D eigenvalue weighted by Crippen LogP contribution is -2.30. The van der Waals surface area contributed by atoms with Gasteiger partial charge in [-0.3, -0.25) is 0 Å². The Morgan fingerprint density at radius 3 is 2.12 bits per heavy atom. The first-order chi connectivity index (χ1) is 15.3. The van der Waals surface area contributed by atoms with Gasteiger partial charge >= 0.3 is 0 Å². The molecule has 3 aromatic rings. The lowest BCUT2D eigenvalue weighted by molar-refractivity contribution is 0.355. The Hall–Kier alpha value is -3.32. The lowest BCUT2D eigenvalue weighted by atomic mass is 10.1. The van der Waals surface area contributed by atoms with Gasteiger partial charge in [-0.15, -0.1) is 0 Å². The zero-order valence-electron chi connectivity index (χ0n) is 18.9. The summed E-state index contributed by atoms with van der Waals surface area (Å²) < 4.78 is 39.1. The smallest absolute Gasteiger partial charge is 0.279 e. The monoisotopic (exact) mass is 452 g/mol. The fourth-order valence-electron chi connectivity index (χ4n) is 3.25. The standard InChI is InChI=1S/C25H28N2O4S/c1-18-12-14-25(15-13-18)32(28,29)27(20(3)22-9-7-11-24(17-22)31-5)26-19(2)21-8-6-10-23(16-21)30-4/h6-17,20H,1-5H3/b26-19+. The molecule has 7 heteroatoms. The van der Waals surface area contributed by atoms with E-state index >= 15 is 0 Å². The average Bonchev–Trinajstić information content (AvgIpc) is 2.82. The van der Waals surface area contributed by atoms with Crippen molar-refractivity contribution in [3.8, 4) is 11.5 Å². The summed E-state index contributed by atoms with van der Waals surface area (Å²) in [5, 5.41) is 4.59. The van der Waals surface area contributed by atoms with Crippen LogP contribution in [0.5, 0.6) is 11.5 Å². The molecular formula is C25H28N2O4S. The molecule has 0 saturated heterocycles. The molecule has 0 bridgehead atoms. The molecule has 0 radical (unpaired) electrons. The van der Waals surface area contributed by atoms with Gasteiger partial charge in [0.05, 0.1) is 30.9 Å². The van der Waals surface area contributed by atoms with Gasteiger partial charge in [-0.05, 0) is 62.7 Å². The van der Waals surface area contributed by atoms with Crippen molar-refractivity contribution in [1.29, 1.82) is 0 Å². The number of methoxy groups -OCH3 is 2. The molecule has 1 atom stereocenters. The highest BCUT2D eigenvalue weighted by Gasteiger charge is 2.29. The molecule has 168 valence electrons. The first-order valence-corrected chi connectivity index (χ1v) is 11.6. The van der Waals surface area contributed by atoms with E-state index in [4.69, 9.17) is 9.47 Å². The SMILES string of the molecule is COc1cccc(/C(C)=N/N(C(C)c2cccc(OC)c2)S(=O)(=O)c2ccc(C)cc2)c1. The van der Waals surface area contributed by atoms with E-state index in [1.54, 1.807) is 45.4 Å². The number of nitrogens with zero attached hydrogens (tertiary/aromatic N) is 2. The Bertz CT molecular complexity index is 1200. The van der Waals surface area contributed by atoms with Crippen molar-refractivity contribution in [3.05, 3.63) is 89.5 Å². The van der Waals surface area contributed by atoms with Crippen molar-refractivity contribution in [2.75, 3.05) is 14.2 Å². The van der Waals surface area contributed by atoms with Crippen LogP contribution in [-0.2, 0) is 10.0 Å². The second kappa shape index (κ2) is 9.87. The van der Waals surface area contributed by atoms with Crippen molar-refractivity contribution >= 4 is 15.7 Å². The lowest BCUT2D eigenvalue weighted by Gasteiger charge is -2.27. The molecule has 0 heterocycles. The summed E-state index contributed by atoms with van der Waals surface area (Å²) in [6.07, 6.45) is 0. The van der Waals surface area contributed by atoms with Gasteiger partial charge in [0.2, 0.25) is 0 Å². The minimum Gasteiger partial charge on any atom is -0.497 e. The molecule has 0 aliphatic rings. The summed E-state index contributed by atoms with van der Waals surface area (Å²) in [7, 11) is -0.763. The quantitative estimate of drug-likeness (QED) is 0.348. The number of aryl methyl sites for hydroxylation is 1. The molecule has 0 aliphatic carbocycles. The Morgan fingerprint density at radius 2 is 1.50 bits per heavy atom. The highest BCUT2D eigenvalue weighted by atomic mass is 32.2. The van der Waals surface area contributed by atoms with Crippen LogP contribution in [-0.4, -0.2) is 32.8 Å². The number of hydrogen-bond acceptors (Lipinski definition) is 5. The van der Waals surface area contributed by atoms with E-state index in [0.717, 1.165) is 16.7 Å². The zero-order chi connectivity index (χ0) is 23.3. The van der Waals surface area contributed by atoms with Gasteiger partial charge in [-0.25, -0.2) is 0 Å². The van der Waals surface area contributed by atoms with Crippen LogP contribution in [0.1, 0.15) is 36.6 Å². The molecule has 3 aromatic carbocycles. The summed E-state index contributed by atoms with van der Waals surface area (Å²) >= 11 is 0. The third kappa shape index (κ3) is 5.11. The first kappa shape index (κ1) is 23.3. The van der Waals surface area contributed by atoms with Gasteiger partial charge in [0.15, 0.2) is 0 Å². The second-order valence-electron chi connectivity index (χ2n) is 7.46. The number of hydrogen-bond donors (Lipinski definition) is 0. The summed E-state index contributed by atoms with van der Waals surface area (Å²) in [6, 6.07) is 20.9. The number of hydrazone groups is 1. The van der Waals surface area contributed by atoms with E-state index in [0.29, 0.717) is 17.2 Å². The Morgan fingerprint density at radius 1 is 0.906 bits per heavy atom. The topological polar surface area (TPSA) is 68.2 Å². The summed E-state index contributed by atoms with van der Waals surface area (Å²) in [5.41, 5.74) is 3.07. The van der Waals surface area contributed by atoms with Crippen LogP contribution in [0.25, 0.3) is 0 Å². The Labute approximate surface area is 190 Å². The van der Waals surface area contributed by atoms with E-state index in [1.807, 2.05) is 62.4 Å². The molecule has 1 unspecified atom stereocenters. The third-order valence-corrected chi connectivity index (χ3v) is 6.97. The van der Waals surface area contributed by atoms with Crippen molar-refractivity contribution in [1.82, 2.24) is 4.41 Å². The Balaban J connectivity index is 2.12. The maximum Gasteiger partial charge on any atom is 0.279 e. The largest absolute Gasteiger partial charge is 0.497 e. The van der Waals surface area contributed by atoms with Crippen LogP contribution in [0.3, 0.4) is 0 Å². The fraction of sp³-hybridized carbons (Fsp3) is 0.240. The van der Waals surface area contributed by atoms with Crippen molar-refractivity contribution < 1.29 is 17.9 Å². The second-order valence-corrected chi connectivity index (χ2v) is 9.26. The Kier molecular flexibility index (Phi) is 7.20. The van der Waals surface area contributed by atoms with Crippen LogP contribution < -0.4 is 9.47 Å². The molecule has 6 nitrogen and oxygen atoms in total. The zero-order valence-corrected chi connectivity index (χ0v) is 19.8. The molecule has 0 aliphatic heterocycles. The molecule has 0 amide bonds. The van der Waals surface area contributed by atoms with Crippen LogP contribution >= 0.6 is 0 Å². The number of benzene rings is 3. The van der Waals surface area contributed by atoms with Gasteiger partial charge in [-0.2, -0.15) is 17.9 Å². The number of rotatable bonds is 8. The van der Waals surface area contributed by atoms with Gasteiger partial charge < -0.3 is 9.47 Å². The van der Waals surface area contributed by atoms with Gasteiger partial charge in [0.25, 0.3) is 10.0 Å². The van der Waals surface area contributed by atoms with Gasteiger partial charge in [0.1, 0.15) is 11.5 Å². The number of ether oxygens (including phenoxy) is 2. The summed E-state index contributed by atoms with van der Waals surface area (Å²) in [4.78, 5) is 0.181. The van der Waals surface area contributed by atoms with Crippen LogP contribution in [0.4, 0.5) is 0 Å². The summed E-state index contributed by atoms with van der Waals surface area (Å²) in [6.45, 7) is 5.51. The van der Waals surface area contributed by atoms with Gasteiger partial charge in [-0.1, -0.05) is 42.0 Å². The van der Waals surface area contributed by atoms with E-state index < -0.39 is 16.1 Å². The third-order valence-electron chi connectivity index (χ3n) is 5.21. The first-order valence-electron chi connectivity index (χ1n) is 10.2. The van der Waals surface area contributed by atoms with E-state index in [9.17, 15) is 8.42 Å². The minimum absolute atomic E-state index is 0.181. The molecule has 0 spiro atoms. The molecule has 0 N–H and O–H groups in total. The highest BCUT2D eigenvalue weighted by Crippen LogP contribution is 2.30. The molecule has 0 aromatic heterocycles. The van der Waals surface area contributed by atoms with E-state index in [1.165, 1.54) is 4.41 Å². The van der Waals surface area contributed by atoms with Gasteiger partial charge in [0, 0.05) is 5.56 Å². The van der Waals surface area contributed by atoms with Crippen LogP contribution in [0.2, 0.25) is 0 Å². The molecule has 32 heavy (non-hydrogen) atoms. The van der Waals surface area contributed by atoms with Crippen molar-refractivity contribution in [2.24, 2.45) is 5.10 Å². The normalized spacial score (nSPS) is 12.8. The summed E-state index contributed by atoms with van der Waals surface area (Å²) in [5.74, 6) is 1.32. The van der Waals surface area contributed by atoms with Crippen LogP contribution in [0, 0.1) is 6.92 Å². The maximum atomic E-state index is 13.7. The minimum atomic E-state index is -3.93. The van der Waals surface area contributed by atoms with Crippen molar-refractivity contribution in [3.63, 3.8) is 0 Å². The van der Waals surface area contributed by atoms with E-state index in [2.05, 4.69) is 5.10 Å². The highest BCUT2D eigenvalue weighted by molar-refractivity contribution is 7.89. The number of sulfonamides is 1. The molecule has 0 saturated carbocycles.